The van der Waals surface area contributed by atoms with E-state index in [0.717, 1.165) is 16.9 Å². The first kappa shape index (κ1) is 12.8. The number of rotatable bonds is 3. The molecule has 0 radical (unpaired) electrons. The number of fused-ring (bicyclic) bond motifs is 1. The van der Waals surface area contributed by atoms with E-state index in [1.54, 1.807) is 17.2 Å². The number of carbonyl (C=O) groups is 1. The number of aryl methyl sites for hydroxylation is 1. The van der Waals surface area contributed by atoms with Crippen LogP contribution < -0.4 is 10.2 Å². The Morgan fingerprint density at radius 3 is 2.85 bits per heavy atom. The van der Waals surface area contributed by atoms with Gasteiger partial charge in [0.05, 0.1) is 17.5 Å². The second-order valence-electron chi connectivity index (χ2n) is 5.47. The predicted molar refractivity (Wildman–Crippen MR) is 75.3 cm³/mol. The first-order valence-corrected chi connectivity index (χ1v) is 6.74. The summed E-state index contributed by atoms with van der Waals surface area (Å²) in [7, 11) is 1.86. The van der Waals surface area contributed by atoms with E-state index >= 15 is 0 Å². The molecule has 0 bridgehead atoms. The second kappa shape index (κ2) is 4.73. The lowest BCUT2D eigenvalue weighted by Crippen LogP contribution is -2.55. The van der Waals surface area contributed by atoms with Crippen molar-refractivity contribution in [2.75, 3.05) is 18.0 Å². The summed E-state index contributed by atoms with van der Waals surface area (Å²) in [5.41, 5.74) is 0.810. The standard InChI is InChI=1S/C13H18N6O/c1-8(2)17-13(20)9-5-19(6-9)12-10-4-16-18(3)11(10)14-7-15-12/h4,7-9H,5-6H2,1-3H3,(H,17,20). The van der Waals surface area contributed by atoms with Crippen molar-refractivity contribution in [3.63, 3.8) is 0 Å². The molecule has 3 rings (SSSR count). The zero-order valence-corrected chi connectivity index (χ0v) is 11.9. The molecule has 0 unspecified atom stereocenters. The summed E-state index contributed by atoms with van der Waals surface area (Å²) in [5.74, 6) is 1.02. The quantitative estimate of drug-likeness (QED) is 0.872. The van der Waals surface area contributed by atoms with Crippen molar-refractivity contribution in [2.45, 2.75) is 19.9 Å². The fraction of sp³-hybridized carbons (Fsp3) is 0.538. The van der Waals surface area contributed by atoms with Crippen LogP contribution in [0.2, 0.25) is 0 Å². The van der Waals surface area contributed by atoms with E-state index in [2.05, 4.69) is 25.3 Å². The molecule has 7 heteroatoms. The Morgan fingerprint density at radius 1 is 1.40 bits per heavy atom. The normalized spacial score (nSPS) is 15.7. The predicted octanol–water partition coefficient (Wildman–Crippen LogP) is 0.324. The molecule has 3 heterocycles. The molecule has 1 saturated heterocycles. The van der Waals surface area contributed by atoms with Crippen LogP contribution in [0.4, 0.5) is 5.82 Å². The van der Waals surface area contributed by atoms with E-state index in [0.29, 0.717) is 13.1 Å². The van der Waals surface area contributed by atoms with E-state index in [-0.39, 0.29) is 17.9 Å². The number of anilines is 1. The monoisotopic (exact) mass is 274 g/mol. The van der Waals surface area contributed by atoms with Crippen LogP contribution in [-0.2, 0) is 11.8 Å². The molecule has 0 saturated carbocycles. The zero-order chi connectivity index (χ0) is 14.3. The lowest BCUT2D eigenvalue weighted by Gasteiger charge is -2.39. The van der Waals surface area contributed by atoms with Gasteiger partial charge in [0.25, 0.3) is 0 Å². The Labute approximate surface area is 117 Å². The van der Waals surface area contributed by atoms with Gasteiger partial charge in [-0.15, -0.1) is 0 Å². The Kier molecular flexibility index (Phi) is 3.04. The summed E-state index contributed by atoms with van der Waals surface area (Å²) in [5, 5.41) is 8.07. The number of carbonyl (C=O) groups excluding carboxylic acids is 1. The van der Waals surface area contributed by atoms with Crippen LogP contribution in [0.25, 0.3) is 11.0 Å². The maximum atomic E-state index is 11.9. The maximum absolute atomic E-state index is 11.9. The van der Waals surface area contributed by atoms with E-state index in [1.165, 1.54) is 0 Å². The van der Waals surface area contributed by atoms with Crippen LogP contribution in [-0.4, -0.2) is 44.8 Å². The summed E-state index contributed by atoms with van der Waals surface area (Å²) in [6.07, 6.45) is 3.31. The first-order chi connectivity index (χ1) is 9.56. The molecule has 1 fully saturated rings. The highest BCUT2D eigenvalue weighted by Crippen LogP contribution is 2.28. The van der Waals surface area contributed by atoms with E-state index in [9.17, 15) is 4.79 Å². The average Bonchev–Trinajstić information content (AvgIpc) is 2.69. The van der Waals surface area contributed by atoms with Gasteiger partial charge in [-0.05, 0) is 13.8 Å². The molecule has 1 N–H and O–H groups in total. The minimum absolute atomic E-state index is 0.0408. The third-order valence-corrected chi connectivity index (χ3v) is 3.49. The van der Waals surface area contributed by atoms with E-state index in [4.69, 9.17) is 0 Å². The van der Waals surface area contributed by atoms with Gasteiger partial charge in [0.15, 0.2) is 5.65 Å². The minimum Gasteiger partial charge on any atom is -0.354 e. The fourth-order valence-corrected chi connectivity index (χ4v) is 2.42. The summed E-state index contributed by atoms with van der Waals surface area (Å²) in [6.45, 7) is 5.33. The number of hydrogen-bond donors (Lipinski definition) is 1. The highest BCUT2D eigenvalue weighted by molar-refractivity contribution is 5.89. The molecule has 2 aromatic rings. The van der Waals surface area contributed by atoms with Crippen molar-refractivity contribution in [2.24, 2.45) is 13.0 Å². The van der Waals surface area contributed by atoms with Gasteiger partial charge in [0, 0.05) is 26.2 Å². The molecule has 1 aliphatic heterocycles. The van der Waals surface area contributed by atoms with Gasteiger partial charge in [-0.3, -0.25) is 9.48 Å². The van der Waals surface area contributed by atoms with Crippen LogP contribution in [0.3, 0.4) is 0 Å². The molecule has 106 valence electrons. The SMILES string of the molecule is CC(C)NC(=O)C1CN(c2ncnc3c2cnn3C)C1. The van der Waals surface area contributed by atoms with Gasteiger partial charge in [-0.25, -0.2) is 9.97 Å². The number of nitrogens with zero attached hydrogens (tertiary/aromatic N) is 5. The molecule has 1 aliphatic rings. The van der Waals surface area contributed by atoms with Gasteiger partial charge < -0.3 is 10.2 Å². The van der Waals surface area contributed by atoms with Crippen LogP contribution in [0, 0.1) is 5.92 Å². The molecule has 2 aromatic heterocycles. The van der Waals surface area contributed by atoms with Gasteiger partial charge in [-0.1, -0.05) is 0 Å². The molecule has 1 amide bonds. The van der Waals surface area contributed by atoms with Crippen molar-refractivity contribution in [1.29, 1.82) is 0 Å². The first-order valence-electron chi connectivity index (χ1n) is 6.74. The van der Waals surface area contributed by atoms with Crippen molar-refractivity contribution in [3.05, 3.63) is 12.5 Å². The molecular formula is C13H18N6O. The van der Waals surface area contributed by atoms with Crippen LogP contribution in [0.1, 0.15) is 13.8 Å². The Balaban J connectivity index is 1.74. The Bertz CT molecular complexity index is 643. The molecule has 20 heavy (non-hydrogen) atoms. The Hall–Kier alpha value is -2.18. The lowest BCUT2D eigenvalue weighted by atomic mass is 9.98. The molecule has 7 nitrogen and oxygen atoms in total. The molecule has 0 aliphatic carbocycles. The maximum Gasteiger partial charge on any atom is 0.226 e. The molecule has 0 spiro atoms. The van der Waals surface area contributed by atoms with Gasteiger partial charge >= 0.3 is 0 Å². The summed E-state index contributed by atoms with van der Waals surface area (Å²) in [4.78, 5) is 22.5. The largest absolute Gasteiger partial charge is 0.354 e. The number of hydrogen-bond acceptors (Lipinski definition) is 5. The summed E-state index contributed by atoms with van der Waals surface area (Å²) >= 11 is 0. The minimum atomic E-state index is 0.0408. The zero-order valence-electron chi connectivity index (χ0n) is 11.9. The second-order valence-corrected chi connectivity index (χ2v) is 5.47. The smallest absolute Gasteiger partial charge is 0.226 e. The van der Waals surface area contributed by atoms with Crippen molar-refractivity contribution >= 4 is 22.8 Å². The van der Waals surface area contributed by atoms with Crippen LogP contribution >= 0.6 is 0 Å². The molecular weight excluding hydrogens is 256 g/mol. The highest BCUT2D eigenvalue weighted by Gasteiger charge is 2.34. The van der Waals surface area contributed by atoms with Crippen molar-refractivity contribution in [3.8, 4) is 0 Å². The molecule has 0 atom stereocenters. The topological polar surface area (TPSA) is 75.9 Å². The molecule has 0 aromatic carbocycles. The van der Waals surface area contributed by atoms with Crippen LogP contribution in [0.15, 0.2) is 12.5 Å². The fourth-order valence-electron chi connectivity index (χ4n) is 2.42. The summed E-state index contributed by atoms with van der Waals surface area (Å²) in [6, 6.07) is 0.181. The van der Waals surface area contributed by atoms with E-state index < -0.39 is 0 Å². The van der Waals surface area contributed by atoms with E-state index in [1.807, 2.05) is 20.9 Å². The summed E-state index contributed by atoms with van der Waals surface area (Å²) < 4.78 is 1.73. The number of nitrogens with one attached hydrogen (secondary N) is 1. The van der Waals surface area contributed by atoms with Crippen molar-refractivity contribution in [1.82, 2.24) is 25.1 Å². The van der Waals surface area contributed by atoms with Crippen molar-refractivity contribution < 1.29 is 4.79 Å². The van der Waals surface area contributed by atoms with Crippen LogP contribution in [0.5, 0.6) is 0 Å². The third kappa shape index (κ3) is 2.09. The highest BCUT2D eigenvalue weighted by atomic mass is 16.2. The van der Waals surface area contributed by atoms with Gasteiger partial charge in [0.2, 0.25) is 5.91 Å². The van der Waals surface area contributed by atoms with Gasteiger partial charge in [0.1, 0.15) is 12.1 Å². The van der Waals surface area contributed by atoms with Gasteiger partial charge in [-0.2, -0.15) is 5.10 Å². The Morgan fingerprint density at radius 2 is 2.15 bits per heavy atom. The average molecular weight is 274 g/mol. The number of amides is 1. The third-order valence-electron chi connectivity index (χ3n) is 3.49. The lowest BCUT2D eigenvalue weighted by molar-refractivity contribution is -0.126. The number of aromatic nitrogens is 4.